The Morgan fingerprint density at radius 2 is 1.89 bits per heavy atom. The summed E-state index contributed by atoms with van der Waals surface area (Å²) in [5, 5.41) is 3.40. The number of hydrogen-bond donors (Lipinski definition) is 2. The molecule has 27 heavy (non-hydrogen) atoms. The second-order valence-electron chi connectivity index (χ2n) is 6.95. The van der Waals surface area contributed by atoms with Gasteiger partial charge in [-0.2, -0.15) is 5.01 Å². The van der Waals surface area contributed by atoms with Gasteiger partial charge >= 0.3 is 12.0 Å². The van der Waals surface area contributed by atoms with E-state index in [1.165, 1.54) is 0 Å². The molecule has 1 saturated carbocycles. The van der Waals surface area contributed by atoms with Crippen LogP contribution in [0.5, 0.6) is 0 Å². The summed E-state index contributed by atoms with van der Waals surface area (Å²) in [6, 6.07) is 6.01. The van der Waals surface area contributed by atoms with Gasteiger partial charge in [-0.15, -0.1) is 0 Å². The van der Waals surface area contributed by atoms with Crippen molar-refractivity contribution >= 4 is 46.4 Å². The summed E-state index contributed by atoms with van der Waals surface area (Å²) in [7, 11) is 0. The first-order valence-corrected chi connectivity index (χ1v) is 9.77. The average Bonchev–Trinajstić information content (AvgIpc) is 2.87. The van der Waals surface area contributed by atoms with Gasteiger partial charge in [0.05, 0.1) is 5.56 Å². The van der Waals surface area contributed by atoms with Gasteiger partial charge in [-0.1, -0.05) is 6.92 Å². The van der Waals surface area contributed by atoms with Gasteiger partial charge in [0.1, 0.15) is 5.54 Å². The summed E-state index contributed by atoms with van der Waals surface area (Å²) in [5.74, 6) is -1.36. The Kier molecular flexibility index (Phi) is 5.68. The molecule has 0 unspecified atom stereocenters. The van der Waals surface area contributed by atoms with E-state index in [0.29, 0.717) is 29.3 Å². The molecule has 0 atom stereocenters. The van der Waals surface area contributed by atoms with Gasteiger partial charge < -0.3 is 10.1 Å². The zero-order chi connectivity index (χ0) is 19.6. The second kappa shape index (κ2) is 7.83. The third-order valence-corrected chi connectivity index (χ3v) is 5.66. The molecule has 1 aromatic rings. The van der Waals surface area contributed by atoms with Crippen molar-refractivity contribution in [2.75, 3.05) is 6.61 Å². The van der Waals surface area contributed by atoms with Gasteiger partial charge in [0.15, 0.2) is 6.61 Å². The summed E-state index contributed by atoms with van der Waals surface area (Å²) in [6.45, 7) is 1.52. The Hall–Kier alpha value is -2.17. The lowest BCUT2D eigenvalue weighted by Gasteiger charge is -2.33. The molecule has 1 spiro atoms. The molecule has 3 rings (SSSR count). The minimum atomic E-state index is -0.936. The van der Waals surface area contributed by atoms with E-state index in [9.17, 15) is 19.2 Å². The summed E-state index contributed by atoms with van der Waals surface area (Å²) < 4.78 is 5.90. The molecule has 9 heteroatoms. The molecule has 0 radical (unpaired) electrons. The maximum absolute atomic E-state index is 12.6. The number of esters is 1. The third-order valence-electron chi connectivity index (χ3n) is 4.94. The number of carbonyl (C=O) groups is 4. The van der Waals surface area contributed by atoms with Crippen LogP contribution in [0.3, 0.4) is 0 Å². The summed E-state index contributed by atoms with van der Waals surface area (Å²) in [6.07, 6.45) is 2.77. The Balaban J connectivity index is 1.54. The fraction of sp³-hybridized carbons (Fsp3) is 0.444. The number of hydrogen-bond acceptors (Lipinski definition) is 5. The molecular weight excluding hydrogens is 465 g/mol. The number of halogens is 1. The molecule has 1 aliphatic carbocycles. The quantitative estimate of drug-likeness (QED) is 0.386. The SMILES string of the molecule is CC1CCC2(CC1)NC(=O)N(NC(=O)COC(=O)c1ccc(I)cc1)C2=O. The normalized spacial score (nSPS) is 24.7. The van der Waals surface area contributed by atoms with Gasteiger partial charge in [0.25, 0.3) is 11.8 Å². The highest BCUT2D eigenvalue weighted by atomic mass is 127. The van der Waals surface area contributed by atoms with Crippen molar-refractivity contribution in [3.8, 4) is 0 Å². The van der Waals surface area contributed by atoms with Crippen molar-refractivity contribution in [1.82, 2.24) is 15.8 Å². The van der Waals surface area contributed by atoms with Gasteiger partial charge in [-0.3, -0.25) is 15.0 Å². The molecule has 1 heterocycles. The molecule has 2 N–H and O–H groups in total. The van der Waals surface area contributed by atoms with Gasteiger partial charge in [-0.05, 0) is 78.5 Å². The average molecular weight is 485 g/mol. The van der Waals surface area contributed by atoms with E-state index in [0.717, 1.165) is 16.4 Å². The smallest absolute Gasteiger partial charge is 0.344 e. The number of benzene rings is 1. The Bertz CT molecular complexity index is 772. The highest BCUT2D eigenvalue weighted by Gasteiger charge is 2.52. The number of nitrogens with one attached hydrogen (secondary N) is 2. The topological polar surface area (TPSA) is 105 Å². The lowest BCUT2D eigenvalue weighted by atomic mass is 9.77. The van der Waals surface area contributed by atoms with Crippen LogP contribution in [0.2, 0.25) is 0 Å². The van der Waals surface area contributed by atoms with Crippen molar-refractivity contribution in [1.29, 1.82) is 0 Å². The van der Waals surface area contributed by atoms with Crippen LogP contribution in [-0.4, -0.2) is 41.0 Å². The van der Waals surface area contributed by atoms with Gasteiger partial charge in [0, 0.05) is 3.57 Å². The zero-order valence-electron chi connectivity index (χ0n) is 14.8. The molecule has 0 bridgehead atoms. The highest BCUT2D eigenvalue weighted by Crippen LogP contribution is 2.35. The van der Waals surface area contributed by atoms with E-state index in [1.807, 2.05) is 0 Å². The number of imide groups is 1. The van der Waals surface area contributed by atoms with Crippen LogP contribution in [0, 0.1) is 9.49 Å². The van der Waals surface area contributed by atoms with E-state index >= 15 is 0 Å². The predicted molar refractivity (Wildman–Crippen MR) is 103 cm³/mol. The molecule has 2 aliphatic rings. The van der Waals surface area contributed by atoms with E-state index in [4.69, 9.17) is 4.74 Å². The fourth-order valence-electron chi connectivity index (χ4n) is 3.27. The van der Waals surface area contributed by atoms with E-state index in [1.54, 1.807) is 24.3 Å². The zero-order valence-corrected chi connectivity index (χ0v) is 16.9. The molecule has 1 saturated heterocycles. The molecule has 4 amide bonds. The number of amides is 4. The molecule has 1 aromatic carbocycles. The number of carbonyl (C=O) groups excluding carboxylic acids is 4. The van der Waals surface area contributed by atoms with Crippen molar-refractivity contribution in [2.45, 2.75) is 38.1 Å². The number of hydrazine groups is 1. The minimum absolute atomic E-state index is 0.313. The second-order valence-corrected chi connectivity index (χ2v) is 8.20. The van der Waals surface area contributed by atoms with Crippen LogP contribution in [0.1, 0.15) is 43.0 Å². The van der Waals surface area contributed by atoms with Gasteiger partial charge in [-0.25, -0.2) is 9.59 Å². The maximum Gasteiger partial charge on any atom is 0.344 e. The van der Waals surface area contributed by atoms with Crippen LogP contribution in [0.4, 0.5) is 4.79 Å². The predicted octanol–water partition coefficient (Wildman–Crippen LogP) is 1.98. The van der Waals surface area contributed by atoms with Gasteiger partial charge in [0.2, 0.25) is 0 Å². The standard InChI is InChI=1S/C18H20IN3O5/c1-11-6-8-18(9-7-11)16(25)22(17(26)20-18)21-14(23)10-27-15(24)12-2-4-13(19)5-3-12/h2-5,11H,6-10H2,1H3,(H,20,26)(H,21,23). The molecule has 8 nitrogen and oxygen atoms in total. The van der Waals surface area contributed by atoms with Crippen LogP contribution in [0.25, 0.3) is 0 Å². The Morgan fingerprint density at radius 3 is 2.52 bits per heavy atom. The van der Waals surface area contributed by atoms with Crippen LogP contribution < -0.4 is 10.7 Å². The van der Waals surface area contributed by atoms with Crippen molar-refractivity contribution in [3.05, 3.63) is 33.4 Å². The lowest BCUT2D eigenvalue weighted by Crippen LogP contribution is -2.52. The maximum atomic E-state index is 12.6. The fourth-order valence-corrected chi connectivity index (χ4v) is 3.63. The summed E-state index contributed by atoms with van der Waals surface area (Å²) in [5.41, 5.74) is 1.61. The number of ether oxygens (including phenoxy) is 1. The first kappa shape index (κ1) is 19.6. The number of urea groups is 1. The number of nitrogens with zero attached hydrogens (tertiary/aromatic N) is 1. The molecular formula is C18H20IN3O5. The Labute approximate surface area is 170 Å². The summed E-state index contributed by atoms with van der Waals surface area (Å²) >= 11 is 2.11. The van der Waals surface area contributed by atoms with E-state index < -0.39 is 36.0 Å². The van der Waals surface area contributed by atoms with Crippen LogP contribution in [-0.2, 0) is 14.3 Å². The number of rotatable bonds is 4. The van der Waals surface area contributed by atoms with Crippen LogP contribution >= 0.6 is 22.6 Å². The van der Waals surface area contributed by atoms with E-state index in [2.05, 4.69) is 40.3 Å². The first-order chi connectivity index (χ1) is 12.8. The Morgan fingerprint density at radius 1 is 1.26 bits per heavy atom. The molecule has 144 valence electrons. The van der Waals surface area contributed by atoms with Crippen molar-refractivity contribution in [2.24, 2.45) is 5.92 Å². The summed E-state index contributed by atoms with van der Waals surface area (Å²) in [4.78, 5) is 48.8. The van der Waals surface area contributed by atoms with Crippen LogP contribution in [0.15, 0.2) is 24.3 Å². The molecule has 1 aliphatic heterocycles. The largest absolute Gasteiger partial charge is 0.452 e. The monoisotopic (exact) mass is 485 g/mol. The highest BCUT2D eigenvalue weighted by molar-refractivity contribution is 14.1. The first-order valence-electron chi connectivity index (χ1n) is 8.69. The molecule has 0 aromatic heterocycles. The van der Waals surface area contributed by atoms with Crippen molar-refractivity contribution in [3.63, 3.8) is 0 Å². The lowest BCUT2D eigenvalue weighted by molar-refractivity contribution is -0.141. The third kappa shape index (κ3) is 4.23. The van der Waals surface area contributed by atoms with Crippen molar-refractivity contribution < 1.29 is 23.9 Å². The molecule has 2 fully saturated rings. The minimum Gasteiger partial charge on any atom is -0.452 e. The van der Waals surface area contributed by atoms with E-state index in [-0.39, 0.29) is 0 Å².